The minimum Gasteiger partial charge on any atom is -0.393 e. The van der Waals surface area contributed by atoms with Gasteiger partial charge in [-0.3, -0.25) is 0 Å². The van der Waals surface area contributed by atoms with E-state index in [1.54, 1.807) is 0 Å². The van der Waals surface area contributed by atoms with Crippen molar-refractivity contribution in [2.24, 2.45) is 5.92 Å². The standard InChI is InChI=1S/C17H21N3O3S/c1-24(22,23)19-8-6-14(16(21)7-9-19)17-13-5-3-2-4-12(13)15-10-18-11-20(15)17/h2-5,10-11,14,16-17,21H,6-9H2,1H3/t14-,16-,17-/m0/s1. The maximum Gasteiger partial charge on any atom is 0.211 e. The van der Waals surface area contributed by atoms with Crippen molar-refractivity contribution in [3.05, 3.63) is 42.4 Å². The molecule has 1 fully saturated rings. The van der Waals surface area contributed by atoms with Crippen molar-refractivity contribution in [3.8, 4) is 11.3 Å². The van der Waals surface area contributed by atoms with Gasteiger partial charge in [0.1, 0.15) is 0 Å². The second kappa shape index (κ2) is 5.68. The van der Waals surface area contributed by atoms with Gasteiger partial charge in [-0.2, -0.15) is 0 Å². The van der Waals surface area contributed by atoms with Crippen LogP contribution in [0.2, 0.25) is 0 Å². The summed E-state index contributed by atoms with van der Waals surface area (Å²) < 4.78 is 27.3. The van der Waals surface area contributed by atoms with Gasteiger partial charge in [0.15, 0.2) is 0 Å². The zero-order valence-electron chi connectivity index (χ0n) is 13.5. The minimum absolute atomic E-state index is 0.00760. The van der Waals surface area contributed by atoms with Crippen LogP contribution in [0.3, 0.4) is 0 Å². The van der Waals surface area contributed by atoms with Gasteiger partial charge in [0.2, 0.25) is 10.0 Å². The monoisotopic (exact) mass is 347 g/mol. The number of fused-ring (bicyclic) bond motifs is 3. The molecule has 24 heavy (non-hydrogen) atoms. The van der Waals surface area contributed by atoms with Crippen LogP contribution in [0.5, 0.6) is 0 Å². The molecule has 0 spiro atoms. The van der Waals surface area contributed by atoms with Crippen LogP contribution in [-0.4, -0.2) is 52.8 Å². The van der Waals surface area contributed by atoms with E-state index in [4.69, 9.17) is 0 Å². The predicted molar refractivity (Wildman–Crippen MR) is 90.9 cm³/mol. The summed E-state index contributed by atoms with van der Waals surface area (Å²) in [5.41, 5.74) is 3.40. The van der Waals surface area contributed by atoms with Gasteiger partial charge in [-0.15, -0.1) is 0 Å². The van der Waals surface area contributed by atoms with Gasteiger partial charge in [-0.05, 0) is 18.4 Å². The number of nitrogens with zero attached hydrogens (tertiary/aromatic N) is 3. The van der Waals surface area contributed by atoms with Gasteiger partial charge in [0, 0.05) is 24.6 Å². The van der Waals surface area contributed by atoms with Gasteiger partial charge in [-0.1, -0.05) is 24.3 Å². The SMILES string of the molecule is CS(=O)(=O)N1CC[C@H]([C@@H]2c3ccccc3-c3cncn32)[C@@H](O)CC1. The van der Waals surface area contributed by atoms with Gasteiger partial charge < -0.3 is 9.67 Å². The van der Waals surface area contributed by atoms with Crippen LogP contribution in [0.4, 0.5) is 0 Å². The van der Waals surface area contributed by atoms with Crippen LogP contribution in [0.25, 0.3) is 11.3 Å². The number of imidazole rings is 1. The maximum atomic E-state index is 11.9. The largest absolute Gasteiger partial charge is 0.393 e. The first-order valence-electron chi connectivity index (χ1n) is 8.21. The molecule has 2 aliphatic rings. The lowest BCUT2D eigenvalue weighted by atomic mass is 9.85. The molecule has 0 radical (unpaired) electrons. The van der Waals surface area contributed by atoms with E-state index < -0.39 is 16.1 Å². The van der Waals surface area contributed by atoms with Crippen molar-refractivity contribution in [2.45, 2.75) is 25.0 Å². The quantitative estimate of drug-likeness (QED) is 0.893. The Kier molecular flexibility index (Phi) is 3.74. The van der Waals surface area contributed by atoms with Gasteiger partial charge in [0.25, 0.3) is 0 Å². The third-order valence-corrected chi connectivity index (χ3v) is 6.58. The zero-order chi connectivity index (χ0) is 16.9. The normalized spacial score (nSPS) is 27.5. The molecule has 3 atom stereocenters. The van der Waals surface area contributed by atoms with Crippen molar-refractivity contribution >= 4 is 10.0 Å². The van der Waals surface area contributed by atoms with Crippen molar-refractivity contribution in [1.82, 2.24) is 13.9 Å². The third-order valence-electron chi connectivity index (χ3n) is 5.28. The first kappa shape index (κ1) is 15.8. The highest BCUT2D eigenvalue weighted by atomic mass is 32.2. The predicted octanol–water partition coefficient (Wildman–Crippen LogP) is 1.49. The Morgan fingerprint density at radius 2 is 1.96 bits per heavy atom. The van der Waals surface area contributed by atoms with Crippen LogP contribution < -0.4 is 0 Å². The first-order valence-corrected chi connectivity index (χ1v) is 10.1. The molecule has 2 aliphatic heterocycles. The van der Waals surface area contributed by atoms with Crippen LogP contribution in [0.1, 0.15) is 24.4 Å². The minimum atomic E-state index is -3.23. The highest BCUT2D eigenvalue weighted by Crippen LogP contribution is 2.45. The fourth-order valence-electron chi connectivity index (χ4n) is 4.10. The number of aliphatic hydroxyl groups excluding tert-OH is 1. The van der Waals surface area contributed by atoms with E-state index in [2.05, 4.69) is 21.7 Å². The van der Waals surface area contributed by atoms with Crippen LogP contribution in [0.15, 0.2) is 36.8 Å². The van der Waals surface area contributed by atoms with Gasteiger partial charge >= 0.3 is 0 Å². The van der Waals surface area contributed by atoms with E-state index in [1.165, 1.54) is 16.1 Å². The Labute approximate surface area is 141 Å². The summed E-state index contributed by atoms with van der Waals surface area (Å²) in [6.07, 6.45) is 5.45. The summed E-state index contributed by atoms with van der Waals surface area (Å²) in [6.45, 7) is 0.824. The number of benzene rings is 1. The molecular formula is C17H21N3O3S. The van der Waals surface area contributed by atoms with Crippen molar-refractivity contribution in [2.75, 3.05) is 19.3 Å². The van der Waals surface area contributed by atoms with E-state index in [0.717, 1.165) is 11.3 Å². The van der Waals surface area contributed by atoms with Crippen LogP contribution >= 0.6 is 0 Å². The Bertz CT molecular complexity index is 861. The molecule has 1 saturated heterocycles. The Balaban J connectivity index is 1.71. The molecule has 2 aromatic rings. The molecule has 1 aromatic carbocycles. The third kappa shape index (κ3) is 2.47. The average Bonchev–Trinajstić information content (AvgIpc) is 3.05. The molecule has 0 bridgehead atoms. The van der Waals surface area contributed by atoms with Crippen molar-refractivity contribution in [3.63, 3.8) is 0 Å². The molecule has 7 heteroatoms. The number of hydrogen-bond acceptors (Lipinski definition) is 4. The summed E-state index contributed by atoms with van der Waals surface area (Å²) in [5, 5.41) is 10.7. The molecule has 6 nitrogen and oxygen atoms in total. The van der Waals surface area contributed by atoms with E-state index in [9.17, 15) is 13.5 Å². The number of rotatable bonds is 2. The molecule has 1 N–H and O–H groups in total. The van der Waals surface area contributed by atoms with E-state index in [1.807, 2.05) is 24.7 Å². The second-order valence-corrected chi connectivity index (χ2v) is 8.67. The van der Waals surface area contributed by atoms with E-state index >= 15 is 0 Å². The Hall–Kier alpha value is -1.70. The molecule has 0 amide bonds. The molecule has 4 rings (SSSR count). The van der Waals surface area contributed by atoms with Crippen LogP contribution in [0, 0.1) is 5.92 Å². The van der Waals surface area contributed by atoms with E-state index in [-0.39, 0.29) is 12.0 Å². The van der Waals surface area contributed by atoms with Gasteiger partial charge in [0.05, 0.1) is 36.6 Å². The van der Waals surface area contributed by atoms with Gasteiger partial charge in [-0.25, -0.2) is 17.7 Å². The van der Waals surface area contributed by atoms with Crippen molar-refractivity contribution in [1.29, 1.82) is 0 Å². The summed E-state index contributed by atoms with van der Waals surface area (Å²) in [5.74, 6) is -0.0339. The highest BCUT2D eigenvalue weighted by molar-refractivity contribution is 7.88. The topological polar surface area (TPSA) is 75.4 Å². The Morgan fingerprint density at radius 1 is 1.21 bits per heavy atom. The molecule has 1 aromatic heterocycles. The number of aliphatic hydroxyl groups is 1. The lowest BCUT2D eigenvalue weighted by Crippen LogP contribution is -2.31. The second-order valence-electron chi connectivity index (χ2n) is 6.69. The summed E-state index contributed by atoms with van der Waals surface area (Å²) in [7, 11) is -3.23. The number of hydrogen-bond donors (Lipinski definition) is 1. The average molecular weight is 347 g/mol. The summed E-state index contributed by atoms with van der Waals surface area (Å²) in [6, 6.07) is 8.20. The fourth-order valence-corrected chi connectivity index (χ4v) is 4.97. The Morgan fingerprint density at radius 3 is 2.75 bits per heavy atom. The first-order chi connectivity index (χ1) is 11.5. The lowest BCUT2D eigenvalue weighted by molar-refractivity contribution is 0.0836. The molecule has 0 saturated carbocycles. The zero-order valence-corrected chi connectivity index (χ0v) is 14.4. The molecule has 0 unspecified atom stereocenters. The molecule has 3 heterocycles. The van der Waals surface area contributed by atoms with E-state index in [0.29, 0.717) is 25.9 Å². The molecule has 0 aliphatic carbocycles. The maximum absolute atomic E-state index is 11.9. The fraction of sp³-hybridized carbons (Fsp3) is 0.471. The highest BCUT2D eigenvalue weighted by Gasteiger charge is 2.39. The lowest BCUT2D eigenvalue weighted by Gasteiger charge is -2.28. The summed E-state index contributed by atoms with van der Waals surface area (Å²) in [4.78, 5) is 4.27. The molecule has 128 valence electrons. The molecular weight excluding hydrogens is 326 g/mol. The van der Waals surface area contributed by atoms with Crippen LogP contribution in [-0.2, 0) is 10.0 Å². The summed E-state index contributed by atoms with van der Waals surface area (Å²) >= 11 is 0. The smallest absolute Gasteiger partial charge is 0.211 e. The van der Waals surface area contributed by atoms with Crippen molar-refractivity contribution < 1.29 is 13.5 Å². The number of sulfonamides is 1. The number of aromatic nitrogens is 2.